The van der Waals surface area contributed by atoms with Crippen LogP contribution in [-0.2, 0) is 11.2 Å². The number of nitrogens with one attached hydrogen (secondary N) is 1. The molecule has 2 heterocycles. The minimum atomic E-state index is 0.402. The Morgan fingerprint density at radius 1 is 1.22 bits per heavy atom. The molecule has 3 heteroatoms. The molecule has 1 aromatic carbocycles. The molecule has 0 radical (unpaired) electrons. The molecule has 1 unspecified atom stereocenters. The second kappa shape index (κ2) is 5.29. The first kappa shape index (κ1) is 12.0. The molecule has 1 aromatic rings. The summed E-state index contributed by atoms with van der Waals surface area (Å²) in [7, 11) is 0. The molecule has 3 nitrogen and oxygen atoms in total. The summed E-state index contributed by atoms with van der Waals surface area (Å²) in [5, 5.41) is 3.71. The van der Waals surface area contributed by atoms with Gasteiger partial charge in [0.1, 0.15) is 5.75 Å². The summed E-state index contributed by atoms with van der Waals surface area (Å²) < 4.78 is 10.9. The zero-order chi connectivity index (χ0) is 12.4. The zero-order valence-corrected chi connectivity index (χ0v) is 10.9. The van der Waals surface area contributed by atoms with Gasteiger partial charge in [0, 0.05) is 31.7 Å². The molecule has 2 aliphatic heterocycles. The van der Waals surface area contributed by atoms with Crippen LogP contribution in [0.4, 0.5) is 0 Å². The molecule has 1 saturated heterocycles. The highest BCUT2D eigenvalue weighted by Crippen LogP contribution is 2.28. The number of benzene rings is 1. The topological polar surface area (TPSA) is 30.5 Å². The van der Waals surface area contributed by atoms with Crippen molar-refractivity contribution in [2.45, 2.75) is 38.3 Å². The van der Waals surface area contributed by atoms with E-state index >= 15 is 0 Å². The van der Waals surface area contributed by atoms with E-state index in [1.165, 1.54) is 11.1 Å². The van der Waals surface area contributed by atoms with Gasteiger partial charge >= 0.3 is 0 Å². The third-order valence-corrected chi connectivity index (χ3v) is 3.92. The van der Waals surface area contributed by atoms with E-state index in [1.54, 1.807) is 0 Å². The summed E-state index contributed by atoms with van der Waals surface area (Å²) in [5.74, 6) is 1.07. The van der Waals surface area contributed by atoms with Gasteiger partial charge in [0.05, 0.1) is 6.61 Å². The van der Waals surface area contributed by atoms with Gasteiger partial charge in [-0.05, 0) is 37.0 Å². The van der Waals surface area contributed by atoms with Crippen LogP contribution < -0.4 is 10.1 Å². The Hall–Kier alpha value is -1.06. The maximum Gasteiger partial charge on any atom is 0.122 e. The largest absolute Gasteiger partial charge is 0.493 e. The molecule has 0 spiro atoms. The molecule has 0 aliphatic carbocycles. The molecule has 1 fully saturated rings. The summed E-state index contributed by atoms with van der Waals surface area (Å²) in [5.41, 5.74) is 2.72. The molecule has 0 amide bonds. The van der Waals surface area contributed by atoms with Crippen LogP contribution in [0.3, 0.4) is 0 Å². The predicted octanol–water partition coefficient (Wildman–Crippen LogP) is 2.45. The monoisotopic (exact) mass is 247 g/mol. The van der Waals surface area contributed by atoms with Crippen LogP contribution in [0, 0.1) is 0 Å². The molecule has 3 rings (SSSR count). The quantitative estimate of drug-likeness (QED) is 0.890. The minimum Gasteiger partial charge on any atom is -0.493 e. The number of hydrogen-bond donors (Lipinski definition) is 1. The Balaban J connectivity index is 1.66. The lowest BCUT2D eigenvalue weighted by Crippen LogP contribution is -2.36. The van der Waals surface area contributed by atoms with E-state index in [1.807, 2.05) is 0 Å². The van der Waals surface area contributed by atoms with Crippen LogP contribution in [0.5, 0.6) is 5.75 Å². The van der Waals surface area contributed by atoms with Crippen LogP contribution in [0.2, 0.25) is 0 Å². The van der Waals surface area contributed by atoms with E-state index in [2.05, 4.69) is 30.4 Å². The van der Waals surface area contributed by atoms with Gasteiger partial charge in [-0.15, -0.1) is 0 Å². The van der Waals surface area contributed by atoms with E-state index in [4.69, 9.17) is 9.47 Å². The normalized spacial score (nSPS) is 21.4. The Kier molecular flexibility index (Phi) is 3.52. The van der Waals surface area contributed by atoms with Crippen LogP contribution >= 0.6 is 0 Å². The molecule has 2 aliphatic rings. The van der Waals surface area contributed by atoms with Gasteiger partial charge < -0.3 is 14.8 Å². The van der Waals surface area contributed by atoms with Gasteiger partial charge in [0.2, 0.25) is 0 Å². The second-order valence-electron chi connectivity index (χ2n) is 5.24. The lowest BCUT2D eigenvalue weighted by molar-refractivity contribution is 0.0754. The molecular formula is C15H21NO2. The third-order valence-electron chi connectivity index (χ3n) is 3.92. The van der Waals surface area contributed by atoms with Gasteiger partial charge in [-0.25, -0.2) is 0 Å². The maximum atomic E-state index is 5.55. The summed E-state index contributed by atoms with van der Waals surface area (Å²) in [6, 6.07) is 7.58. The van der Waals surface area contributed by atoms with Gasteiger partial charge in [-0.2, -0.15) is 0 Å². The number of ether oxygens (including phenoxy) is 2. The van der Waals surface area contributed by atoms with Crippen molar-refractivity contribution in [3.8, 4) is 5.75 Å². The smallest absolute Gasteiger partial charge is 0.122 e. The van der Waals surface area contributed by atoms with Gasteiger partial charge in [-0.1, -0.05) is 12.1 Å². The minimum absolute atomic E-state index is 0.402. The first-order valence-electron chi connectivity index (χ1n) is 6.92. The Morgan fingerprint density at radius 3 is 2.89 bits per heavy atom. The predicted molar refractivity (Wildman–Crippen MR) is 71.0 cm³/mol. The number of hydrogen-bond acceptors (Lipinski definition) is 3. The SMILES string of the molecule is CC(NC1CCOCC1)c1ccc2c(c1)CCO2. The zero-order valence-electron chi connectivity index (χ0n) is 10.9. The van der Waals surface area contributed by atoms with Gasteiger partial charge in [0.25, 0.3) is 0 Å². The van der Waals surface area contributed by atoms with Crippen molar-refractivity contribution >= 4 is 0 Å². The molecule has 0 saturated carbocycles. The Morgan fingerprint density at radius 2 is 2.06 bits per heavy atom. The van der Waals surface area contributed by atoms with Crippen molar-refractivity contribution in [2.75, 3.05) is 19.8 Å². The van der Waals surface area contributed by atoms with Crippen molar-refractivity contribution in [3.05, 3.63) is 29.3 Å². The highest BCUT2D eigenvalue weighted by atomic mass is 16.5. The second-order valence-corrected chi connectivity index (χ2v) is 5.24. The molecule has 1 N–H and O–H groups in total. The number of rotatable bonds is 3. The van der Waals surface area contributed by atoms with Crippen LogP contribution in [0.15, 0.2) is 18.2 Å². The highest BCUT2D eigenvalue weighted by Gasteiger charge is 2.18. The van der Waals surface area contributed by atoms with E-state index in [0.717, 1.165) is 44.8 Å². The number of fused-ring (bicyclic) bond motifs is 1. The van der Waals surface area contributed by atoms with Crippen LogP contribution in [-0.4, -0.2) is 25.9 Å². The van der Waals surface area contributed by atoms with Crippen molar-refractivity contribution in [1.29, 1.82) is 0 Å². The van der Waals surface area contributed by atoms with E-state index in [0.29, 0.717) is 12.1 Å². The summed E-state index contributed by atoms with van der Waals surface area (Å²) in [4.78, 5) is 0. The molecule has 18 heavy (non-hydrogen) atoms. The summed E-state index contributed by atoms with van der Waals surface area (Å²) >= 11 is 0. The highest BCUT2D eigenvalue weighted by molar-refractivity contribution is 5.40. The fraction of sp³-hybridized carbons (Fsp3) is 0.600. The van der Waals surface area contributed by atoms with Crippen molar-refractivity contribution in [2.24, 2.45) is 0 Å². The van der Waals surface area contributed by atoms with Crippen molar-refractivity contribution < 1.29 is 9.47 Å². The van der Waals surface area contributed by atoms with Crippen LogP contribution in [0.25, 0.3) is 0 Å². The Labute approximate surface area is 108 Å². The average Bonchev–Trinajstić information content (AvgIpc) is 2.87. The first-order valence-corrected chi connectivity index (χ1v) is 6.92. The fourth-order valence-electron chi connectivity index (χ4n) is 2.79. The average molecular weight is 247 g/mol. The lowest BCUT2D eigenvalue weighted by Gasteiger charge is -2.27. The van der Waals surface area contributed by atoms with Crippen molar-refractivity contribution in [1.82, 2.24) is 5.32 Å². The molecular weight excluding hydrogens is 226 g/mol. The van der Waals surface area contributed by atoms with E-state index in [9.17, 15) is 0 Å². The molecule has 1 atom stereocenters. The Bertz CT molecular complexity index is 413. The fourth-order valence-corrected chi connectivity index (χ4v) is 2.79. The molecule has 0 bridgehead atoms. The third kappa shape index (κ3) is 2.52. The first-order chi connectivity index (χ1) is 8.83. The standard InChI is InChI=1S/C15H21NO2/c1-11(16-14-5-7-17-8-6-14)12-2-3-15-13(10-12)4-9-18-15/h2-3,10-11,14,16H,4-9H2,1H3. The van der Waals surface area contributed by atoms with E-state index in [-0.39, 0.29) is 0 Å². The lowest BCUT2D eigenvalue weighted by atomic mass is 10.0. The summed E-state index contributed by atoms with van der Waals surface area (Å²) in [6.45, 7) is 4.86. The maximum absolute atomic E-state index is 5.55. The molecule has 98 valence electrons. The summed E-state index contributed by atoms with van der Waals surface area (Å²) in [6.07, 6.45) is 3.30. The van der Waals surface area contributed by atoms with Crippen molar-refractivity contribution in [3.63, 3.8) is 0 Å². The van der Waals surface area contributed by atoms with Crippen LogP contribution in [0.1, 0.15) is 36.9 Å². The van der Waals surface area contributed by atoms with Gasteiger partial charge in [0.15, 0.2) is 0 Å². The molecule has 0 aromatic heterocycles. The van der Waals surface area contributed by atoms with Gasteiger partial charge in [-0.3, -0.25) is 0 Å². The van der Waals surface area contributed by atoms with E-state index < -0.39 is 0 Å².